The van der Waals surface area contributed by atoms with E-state index in [0.717, 1.165) is 11.1 Å². The fourth-order valence-electron chi connectivity index (χ4n) is 3.63. The number of carbonyl (C=O) groups is 1. The molecule has 0 radical (unpaired) electrons. The molecule has 29 heavy (non-hydrogen) atoms. The molecule has 6 heteroatoms. The zero-order valence-electron chi connectivity index (χ0n) is 15.6. The van der Waals surface area contributed by atoms with E-state index in [0.29, 0.717) is 26.9 Å². The lowest BCUT2D eigenvalue weighted by atomic mass is 9.91. The standard InChI is InChI=1S/C23H19Cl2NO3/c1-23(29,13-27)15-4-11-19-20(12-15)22(28)26(18-9-7-17(25)8-10-18)21(19)14-2-5-16(24)6-3-14/h2-12,21,27,29H,13H2,1H3. The Morgan fingerprint density at radius 2 is 1.55 bits per heavy atom. The van der Waals surface area contributed by atoms with Crippen LogP contribution in [0, 0.1) is 0 Å². The van der Waals surface area contributed by atoms with Gasteiger partial charge in [0.25, 0.3) is 5.91 Å². The number of amides is 1. The van der Waals surface area contributed by atoms with Gasteiger partial charge in [0.2, 0.25) is 0 Å². The number of fused-ring (bicyclic) bond motifs is 1. The molecule has 4 nitrogen and oxygen atoms in total. The van der Waals surface area contributed by atoms with Gasteiger partial charge in [-0.05, 0) is 66.1 Å². The van der Waals surface area contributed by atoms with E-state index < -0.39 is 12.2 Å². The number of anilines is 1. The van der Waals surface area contributed by atoms with Crippen LogP contribution >= 0.6 is 23.2 Å². The first-order valence-electron chi connectivity index (χ1n) is 9.14. The smallest absolute Gasteiger partial charge is 0.259 e. The third kappa shape index (κ3) is 3.53. The molecule has 1 heterocycles. The van der Waals surface area contributed by atoms with Gasteiger partial charge in [-0.25, -0.2) is 0 Å². The highest BCUT2D eigenvalue weighted by molar-refractivity contribution is 6.31. The third-order valence-corrected chi connectivity index (χ3v) is 5.78. The van der Waals surface area contributed by atoms with Crippen molar-refractivity contribution in [1.82, 2.24) is 0 Å². The van der Waals surface area contributed by atoms with Crippen LogP contribution < -0.4 is 4.90 Å². The lowest BCUT2D eigenvalue weighted by Crippen LogP contribution is -2.28. The Morgan fingerprint density at radius 3 is 2.14 bits per heavy atom. The highest BCUT2D eigenvalue weighted by Crippen LogP contribution is 2.43. The maximum atomic E-state index is 13.4. The van der Waals surface area contributed by atoms with Gasteiger partial charge in [-0.2, -0.15) is 0 Å². The first-order chi connectivity index (χ1) is 13.8. The zero-order chi connectivity index (χ0) is 20.8. The van der Waals surface area contributed by atoms with E-state index in [1.165, 1.54) is 6.92 Å². The van der Waals surface area contributed by atoms with E-state index in [1.54, 1.807) is 53.4 Å². The van der Waals surface area contributed by atoms with E-state index in [1.807, 2.05) is 18.2 Å². The highest BCUT2D eigenvalue weighted by atomic mass is 35.5. The summed E-state index contributed by atoms with van der Waals surface area (Å²) in [4.78, 5) is 15.1. The van der Waals surface area contributed by atoms with Gasteiger partial charge < -0.3 is 10.2 Å². The largest absolute Gasteiger partial charge is 0.393 e. The van der Waals surface area contributed by atoms with Gasteiger partial charge >= 0.3 is 0 Å². The molecular weight excluding hydrogens is 409 g/mol. The minimum atomic E-state index is -1.43. The number of halogens is 2. The lowest BCUT2D eigenvalue weighted by Gasteiger charge is -2.26. The average molecular weight is 428 g/mol. The summed E-state index contributed by atoms with van der Waals surface area (Å²) in [5, 5.41) is 21.1. The molecule has 0 saturated heterocycles. The summed E-state index contributed by atoms with van der Waals surface area (Å²) in [5.74, 6) is -0.183. The fraction of sp³-hybridized carbons (Fsp3) is 0.174. The molecule has 2 unspecified atom stereocenters. The molecule has 3 aromatic rings. The zero-order valence-corrected chi connectivity index (χ0v) is 17.2. The van der Waals surface area contributed by atoms with Crippen molar-refractivity contribution in [2.75, 3.05) is 11.5 Å². The second kappa shape index (κ2) is 7.47. The second-order valence-electron chi connectivity index (χ2n) is 7.34. The average Bonchev–Trinajstić information content (AvgIpc) is 3.01. The minimum Gasteiger partial charge on any atom is -0.393 e. The molecule has 0 aliphatic carbocycles. The molecular formula is C23H19Cl2NO3. The van der Waals surface area contributed by atoms with Gasteiger partial charge in [0.05, 0.1) is 12.6 Å². The molecule has 2 N–H and O–H groups in total. The van der Waals surface area contributed by atoms with Crippen LogP contribution in [0.5, 0.6) is 0 Å². The molecule has 0 spiro atoms. The molecule has 0 bridgehead atoms. The van der Waals surface area contributed by atoms with Crippen LogP contribution in [0.3, 0.4) is 0 Å². The first-order valence-corrected chi connectivity index (χ1v) is 9.89. The van der Waals surface area contributed by atoms with Crippen LogP contribution in [-0.2, 0) is 5.60 Å². The van der Waals surface area contributed by atoms with Crippen molar-refractivity contribution in [2.45, 2.75) is 18.6 Å². The minimum absolute atomic E-state index is 0.183. The Balaban J connectivity index is 1.89. The monoisotopic (exact) mass is 427 g/mol. The fourth-order valence-corrected chi connectivity index (χ4v) is 3.89. The van der Waals surface area contributed by atoms with Crippen LogP contribution in [0.4, 0.5) is 5.69 Å². The molecule has 0 saturated carbocycles. The highest BCUT2D eigenvalue weighted by Gasteiger charge is 2.39. The van der Waals surface area contributed by atoms with Gasteiger partial charge in [0, 0.05) is 21.3 Å². The van der Waals surface area contributed by atoms with Gasteiger partial charge in [-0.3, -0.25) is 9.69 Å². The summed E-state index contributed by atoms with van der Waals surface area (Å²) in [6.07, 6.45) is 0. The molecule has 1 amide bonds. The van der Waals surface area contributed by atoms with Crippen molar-refractivity contribution in [2.24, 2.45) is 0 Å². The maximum absolute atomic E-state index is 13.4. The van der Waals surface area contributed by atoms with Gasteiger partial charge in [0.1, 0.15) is 5.60 Å². The number of aliphatic hydroxyl groups excluding tert-OH is 1. The van der Waals surface area contributed by atoms with Crippen LogP contribution in [0.1, 0.15) is 40.0 Å². The van der Waals surface area contributed by atoms with E-state index in [2.05, 4.69) is 0 Å². The second-order valence-corrected chi connectivity index (χ2v) is 8.21. The van der Waals surface area contributed by atoms with E-state index in [-0.39, 0.29) is 11.9 Å². The topological polar surface area (TPSA) is 60.8 Å². The van der Waals surface area contributed by atoms with Gasteiger partial charge in [0.15, 0.2) is 0 Å². The van der Waals surface area contributed by atoms with Crippen molar-refractivity contribution >= 4 is 34.8 Å². The number of hydrogen-bond acceptors (Lipinski definition) is 3. The first kappa shape index (κ1) is 19.9. The molecule has 1 aliphatic heterocycles. The Hall–Kier alpha value is -2.37. The van der Waals surface area contributed by atoms with Crippen molar-refractivity contribution in [3.63, 3.8) is 0 Å². The van der Waals surface area contributed by atoms with Crippen LogP contribution in [0.15, 0.2) is 66.7 Å². The summed E-state index contributed by atoms with van der Waals surface area (Å²) in [5.41, 5.74) is 2.00. The number of rotatable bonds is 4. The van der Waals surface area contributed by atoms with Crippen LogP contribution in [0.2, 0.25) is 10.0 Å². The normalized spacial score (nSPS) is 17.9. The predicted octanol–water partition coefficient (Wildman–Crippen LogP) is 4.94. The molecule has 148 valence electrons. The lowest BCUT2D eigenvalue weighted by molar-refractivity contribution is -0.00231. The maximum Gasteiger partial charge on any atom is 0.259 e. The SMILES string of the molecule is CC(O)(CO)c1ccc2c(c1)C(=O)N(c1ccc(Cl)cc1)C2c1ccc(Cl)cc1. The Bertz CT molecular complexity index is 1060. The van der Waals surface area contributed by atoms with Crippen LogP contribution in [-0.4, -0.2) is 22.7 Å². The van der Waals surface area contributed by atoms with Crippen LogP contribution in [0.25, 0.3) is 0 Å². The quantitative estimate of drug-likeness (QED) is 0.619. The third-order valence-electron chi connectivity index (χ3n) is 5.28. The summed E-state index contributed by atoms with van der Waals surface area (Å²) in [6, 6.07) is 19.4. The van der Waals surface area contributed by atoms with Crippen molar-refractivity contribution in [3.05, 3.63) is 99.0 Å². The Kier molecular flexibility index (Phi) is 5.13. The molecule has 0 aromatic heterocycles. The molecule has 1 aliphatic rings. The number of carbonyl (C=O) groups excluding carboxylic acids is 1. The molecule has 2 atom stereocenters. The van der Waals surface area contributed by atoms with E-state index in [9.17, 15) is 15.0 Å². The summed E-state index contributed by atoms with van der Waals surface area (Å²) in [6.45, 7) is 1.07. The van der Waals surface area contributed by atoms with Crippen molar-refractivity contribution in [1.29, 1.82) is 0 Å². The summed E-state index contributed by atoms with van der Waals surface area (Å²) >= 11 is 12.1. The molecule has 3 aromatic carbocycles. The molecule has 4 rings (SSSR count). The Labute approximate surface area is 178 Å². The number of aliphatic hydroxyl groups is 2. The number of benzene rings is 3. The van der Waals surface area contributed by atoms with E-state index in [4.69, 9.17) is 23.2 Å². The summed E-state index contributed by atoms with van der Waals surface area (Å²) in [7, 11) is 0. The van der Waals surface area contributed by atoms with Crippen molar-refractivity contribution in [3.8, 4) is 0 Å². The molecule has 0 fully saturated rings. The van der Waals surface area contributed by atoms with Crippen molar-refractivity contribution < 1.29 is 15.0 Å². The van der Waals surface area contributed by atoms with E-state index >= 15 is 0 Å². The number of hydrogen-bond donors (Lipinski definition) is 2. The van der Waals surface area contributed by atoms with Gasteiger partial charge in [-0.15, -0.1) is 0 Å². The van der Waals surface area contributed by atoms with Gasteiger partial charge in [-0.1, -0.05) is 47.5 Å². The summed E-state index contributed by atoms with van der Waals surface area (Å²) < 4.78 is 0. The predicted molar refractivity (Wildman–Crippen MR) is 115 cm³/mol. The number of nitrogens with zero attached hydrogens (tertiary/aromatic N) is 1. The Morgan fingerprint density at radius 1 is 0.966 bits per heavy atom.